The van der Waals surface area contributed by atoms with Gasteiger partial charge in [-0.05, 0) is 43.2 Å². The molecule has 0 spiro atoms. The van der Waals surface area contributed by atoms with E-state index in [9.17, 15) is 4.79 Å². The molecule has 22 heavy (non-hydrogen) atoms. The first-order chi connectivity index (χ1) is 10.8. The minimum atomic E-state index is 0.0806. The lowest BCUT2D eigenvalue weighted by molar-refractivity contribution is -0.130. The molecule has 0 aromatic carbocycles. The van der Waals surface area contributed by atoms with Gasteiger partial charge in [0.2, 0.25) is 5.91 Å². The molecule has 5 heteroatoms. The predicted octanol–water partition coefficient (Wildman–Crippen LogP) is 1.49. The van der Waals surface area contributed by atoms with Crippen molar-refractivity contribution < 1.29 is 9.53 Å². The minimum absolute atomic E-state index is 0.0806. The molecule has 2 N–H and O–H groups in total. The van der Waals surface area contributed by atoms with Crippen molar-refractivity contribution in [2.45, 2.75) is 44.4 Å². The van der Waals surface area contributed by atoms with Crippen molar-refractivity contribution in [1.82, 2.24) is 15.6 Å². The Morgan fingerprint density at radius 2 is 2.32 bits per heavy atom. The molecule has 1 saturated heterocycles. The Kier molecular flexibility index (Phi) is 5.05. The van der Waals surface area contributed by atoms with E-state index in [4.69, 9.17) is 4.74 Å². The molecule has 1 aliphatic heterocycles. The Bertz CT molecular complexity index is 494. The van der Waals surface area contributed by atoms with Crippen LogP contribution in [0.25, 0.3) is 0 Å². The molecular formula is C17H25N3O2. The quantitative estimate of drug-likeness (QED) is 0.865. The molecule has 4 unspecified atom stereocenters. The largest absolute Gasteiger partial charge is 0.381 e. The number of nitrogens with one attached hydrogen (secondary N) is 2. The lowest BCUT2D eigenvalue weighted by Crippen LogP contribution is -2.54. The Morgan fingerprint density at radius 3 is 3.09 bits per heavy atom. The number of carbonyl (C=O) groups is 1. The fourth-order valence-corrected chi connectivity index (χ4v) is 3.71. The zero-order valence-electron chi connectivity index (χ0n) is 13.1. The maximum Gasteiger partial charge on any atom is 0.224 e. The molecule has 1 aromatic rings. The Labute approximate surface area is 131 Å². The zero-order valence-corrected chi connectivity index (χ0v) is 13.1. The number of fused-ring (bicyclic) bond motifs is 1. The number of piperidine rings is 1. The second kappa shape index (κ2) is 7.20. The van der Waals surface area contributed by atoms with Crippen LogP contribution in [0.15, 0.2) is 24.5 Å². The number of amides is 1. The van der Waals surface area contributed by atoms with Crippen LogP contribution in [0.5, 0.6) is 0 Å². The predicted molar refractivity (Wildman–Crippen MR) is 84.1 cm³/mol. The van der Waals surface area contributed by atoms with Gasteiger partial charge in [0, 0.05) is 38.6 Å². The number of methoxy groups -OCH3 is 1. The smallest absolute Gasteiger partial charge is 0.224 e. The third-order valence-corrected chi connectivity index (χ3v) is 5.01. The maximum atomic E-state index is 12.3. The third-order valence-electron chi connectivity index (χ3n) is 5.01. The van der Waals surface area contributed by atoms with Gasteiger partial charge in [-0.2, -0.15) is 0 Å². The van der Waals surface area contributed by atoms with Crippen LogP contribution in [0.2, 0.25) is 0 Å². The molecule has 5 nitrogen and oxygen atoms in total. The molecule has 1 aliphatic carbocycles. The molecule has 1 amide bonds. The molecule has 0 radical (unpaired) electrons. The first-order valence-corrected chi connectivity index (χ1v) is 8.19. The third kappa shape index (κ3) is 3.65. The van der Waals surface area contributed by atoms with E-state index >= 15 is 0 Å². The van der Waals surface area contributed by atoms with Crippen molar-refractivity contribution in [1.29, 1.82) is 0 Å². The van der Waals surface area contributed by atoms with Crippen molar-refractivity contribution in [2.75, 3.05) is 13.7 Å². The molecule has 0 bridgehead atoms. The lowest BCUT2D eigenvalue weighted by Gasteiger charge is -2.41. The molecule has 1 saturated carbocycles. The van der Waals surface area contributed by atoms with E-state index in [1.165, 1.54) is 0 Å². The monoisotopic (exact) mass is 303 g/mol. The van der Waals surface area contributed by atoms with Gasteiger partial charge >= 0.3 is 0 Å². The van der Waals surface area contributed by atoms with E-state index in [1.807, 2.05) is 18.3 Å². The topological polar surface area (TPSA) is 63.2 Å². The summed E-state index contributed by atoms with van der Waals surface area (Å²) in [4.78, 5) is 16.4. The van der Waals surface area contributed by atoms with Crippen LogP contribution in [-0.4, -0.2) is 36.7 Å². The first-order valence-electron chi connectivity index (χ1n) is 8.19. The van der Waals surface area contributed by atoms with Crippen molar-refractivity contribution in [2.24, 2.45) is 11.8 Å². The highest BCUT2D eigenvalue weighted by Crippen LogP contribution is 2.34. The van der Waals surface area contributed by atoms with Gasteiger partial charge in [0.15, 0.2) is 0 Å². The summed E-state index contributed by atoms with van der Waals surface area (Å²) in [6.45, 7) is 1.50. The van der Waals surface area contributed by atoms with Crippen LogP contribution in [0, 0.1) is 11.8 Å². The summed E-state index contributed by atoms with van der Waals surface area (Å²) in [5.74, 6) is 0.878. The van der Waals surface area contributed by atoms with Crippen LogP contribution >= 0.6 is 0 Å². The standard InChI is InChI=1S/C17H25N3O2/c1-22-15-5-4-13-7-14(17(21)20-16(13)8-15)11-19-10-12-3-2-6-18-9-12/h2-3,6,9,13-16,19H,4-5,7-8,10-11H2,1H3,(H,20,21). The van der Waals surface area contributed by atoms with Gasteiger partial charge in [0.25, 0.3) is 0 Å². The van der Waals surface area contributed by atoms with E-state index in [0.717, 1.165) is 44.3 Å². The highest BCUT2D eigenvalue weighted by molar-refractivity contribution is 5.80. The van der Waals surface area contributed by atoms with Gasteiger partial charge in [0.05, 0.1) is 12.0 Å². The van der Waals surface area contributed by atoms with E-state index in [-0.39, 0.29) is 11.8 Å². The fraction of sp³-hybridized carbons (Fsp3) is 0.647. The molecule has 3 rings (SSSR count). The highest BCUT2D eigenvalue weighted by atomic mass is 16.5. The van der Waals surface area contributed by atoms with E-state index in [0.29, 0.717) is 18.1 Å². The molecule has 2 heterocycles. The molecule has 2 fully saturated rings. The SMILES string of the molecule is COC1CCC2CC(CNCc3cccnc3)C(=O)NC2C1. The average molecular weight is 303 g/mol. The summed E-state index contributed by atoms with van der Waals surface area (Å²) in [5.41, 5.74) is 1.15. The summed E-state index contributed by atoms with van der Waals surface area (Å²) in [7, 11) is 1.76. The summed E-state index contributed by atoms with van der Waals surface area (Å²) >= 11 is 0. The maximum absolute atomic E-state index is 12.3. The number of aromatic nitrogens is 1. The zero-order chi connectivity index (χ0) is 15.4. The van der Waals surface area contributed by atoms with Crippen LogP contribution in [0.4, 0.5) is 0 Å². The fourth-order valence-electron chi connectivity index (χ4n) is 3.71. The molecular weight excluding hydrogens is 278 g/mol. The first kappa shape index (κ1) is 15.4. The van der Waals surface area contributed by atoms with Gasteiger partial charge in [-0.25, -0.2) is 0 Å². The van der Waals surface area contributed by atoms with E-state index in [1.54, 1.807) is 13.3 Å². The number of hydrogen-bond acceptors (Lipinski definition) is 4. The van der Waals surface area contributed by atoms with Crippen molar-refractivity contribution >= 4 is 5.91 Å². The summed E-state index contributed by atoms with van der Waals surface area (Å²) in [6, 6.07) is 4.28. The molecule has 2 aliphatic rings. The van der Waals surface area contributed by atoms with Gasteiger partial charge in [0.1, 0.15) is 0 Å². The Balaban J connectivity index is 1.48. The Morgan fingerprint density at radius 1 is 1.41 bits per heavy atom. The van der Waals surface area contributed by atoms with E-state index < -0.39 is 0 Å². The second-order valence-corrected chi connectivity index (χ2v) is 6.47. The van der Waals surface area contributed by atoms with Crippen LogP contribution in [-0.2, 0) is 16.1 Å². The van der Waals surface area contributed by atoms with Crippen molar-refractivity contribution in [3.63, 3.8) is 0 Å². The van der Waals surface area contributed by atoms with Gasteiger partial charge in [-0.15, -0.1) is 0 Å². The van der Waals surface area contributed by atoms with Crippen LogP contribution in [0.3, 0.4) is 0 Å². The average Bonchev–Trinajstić information content (AvgIpc) is 2.56. The van der Waals surface area contributed by atoms with Gasteiger partial charge in [-0.3, -0.25) is 9.78 Å². The number of hydrogen-bond donors (Lipinski definition) is 2. The molecule has 4 atom stereocenters. The van der Waals surface area contributed by atoms with Crippen molar-refractivity contribution in [3.05, 3.63) is 30.1 Å². The summed E-state index contributed by atoms with van der Waals surface area (Å²) < 4.78 is 5.45. The Hall–Kier alpha value is -1.46. The number of rotatable bonds is 5. The lowest BCUT2D eigenvalue weighted by atomic mass is 9.75. The van der Waals surface area contributed by atoms with Gasteiger partial charge < -0.3 is 15.4 Å². The van der Waals surface area contributed by atoms with Crippen LogP contribution < -0.4 is 10.6 Å². The van der Waals surface area contributed by atoms with E-state index in [2.05, 4.69) is 15.6 Å². The van der Waals surface area contributed by atoms with Crippen LogP contribution in [0.1, 0.15) is 31.2 Å². The molecule has 120 valence electrons. The number of nitrogens with zero attached hydrogens (tertiary/aromatic N) is 1. The number of pyridine rings is 1. The molecule has 1 aromatic heterocycles. The summed E-state index contributed by atoms with van der Waals surface area (Å²) in [6.07, 6.45) is 8.16. The highest BCUT2D eigenvalue weighted by Gasteiger charge is 2.39. The minimum Gasteiger partial charge on any atom is -0.381 e. The number of carbonyl (C=O) groups excluding carboxylic acids is 1. The van der Waals surface area contributed by atoms with Crippen molar-refractivity contribution in [3.8, 4) is 0 Å². The normalized spacial score (nSPS) is 31.4. The second-order valence-electron chi connectivity index (χ2n) is 6.47. The summed E-state index contributed by atoms with van der Waals surface area (Å²) in [5, 5.41) is 6.60. The number of ether oxygens (including phenoxy) is 1. The van der Waals surface area contributed by atoms with Gasteiger partial charge in [-0.1, -0.05) is 6.07 Å².